The molecular weight excluding hydrogens is 518 g/mol. The van der Waals surface area contributed by atoms with Gasteiger partial charge in [0.15, 0.2) is 0 Å². The summed E-state index contributed by atoms with van der Waals surface area (Å²) in [6.07, 6.45) is 9.75. The van der Waals surface area contributed by atoms with E-state index in [4.69, 9.17) is 14.7 Å². The Morgan fingerprint density at radius 3 is 2.37 bits per heavy atom. The summed E-state index contributed by atoms with van der Waals surface area (Å²) >= 11 is 0. The molecule has 3 atom stereocenters. The molecule has 0 bridgehead atoms. The maximum absolute atomic E-state index is 10.7. The largest absolute Gasteiger partial charge is 0.487 e. The number of nitrogens with zero attached hydrogens (tertiary/aromatic N) is 3. The van der Waals surface area contributed by atoms with E-state index in [2.05, 4.69) is 56.5 Å². The lowest BCUT2D eigenvalue weighted by Gasteiger charge is -2.49. The van der Waals surface area contributed by atoms with Crippen LogP contribution in [0.2, 0.25) is 0 Å². The van der Waals surface area contributed by atoms with Gasteiger partial charge in [0.2, 0.25) is 0 Å². The number of rotatable bonds is 3. The minimum atomic E-state index is -0.659. The van der Waals surface area contributed by atoms with Gasteiger partial charge >= 0.3 is 5.97 Å². The Labute approximate surface area is 240 Å². The van der Waals surface area contributed by atoms with E-state index in [9.17, 15) is 14.4 Å². The molecule has 0 spiro atoms. The molecule has 1 aromatic heterocycles. The Kier molecular flexibility index (Phi) is 7.68. The average molecular weight is 556 g/mol. The highest BCUT2D eigenvalue weighted by Crippen LogP contribution is 2.56. The topological polar surface area (TPSA) is 98.7 Å². The lowest BCUT2D eigenvalue weighted by atomic mass is 9.64. The molecule has 2 aromatic carbocycles. The second-order valence-electron chi connectivity index (χ2n) is 11.7. The highest BCUT2D eigenvalue weighted by Gasteiger charge is 2.47. The number of carbonyl (C=O) groups is 3. The second-order valence-corrected chi connectivity index (χ2v) is 11.7. The van der Waals surface area contributed by atoms with Crippen molar-refractivity contribution in [2.75, 3.05) is 0 Å². The molecule has 2 fully saturated rings. The first-order chi connectivity index (χ1) is 19.6. The maximum atomic E-state index is 10.7. The Morgan fingerprint density at radius 1 is 1.07 bits per heavy atom. The van der Waals surface area contributed by atoms with Crippen molar-refractivity contribution in [1.29, 1.82) is 0 Å². The maximum Gasteiger partial charge on any atom is 0.330 e. The van der Waals surface area contributed by atoms with Gasteiger partial charge in [-0.3, -0.25) is 9.59 Å². The summed E-state index contributed by atoms with van der Waals surface area (Å²) in [5.41, 5.74) is 4.75. The van der Waals surface area contributed by atoms with Crippen LogP contribution >= 0.6 is 0 Å². The summed E-state index contributed by atoms with van der Waals surface area (Å²) < 4.78 is 6.79. The molecule has 0 N–H and O–H groups in total. The Bertz CT molecular complexity index is 1580. The standard InChI is InChI=1S/C27H30N2O.C6H7NO4/c1-6-10-22-21(7-2)28-25-23-19-15-16(3)13-14-20(19)27(4,5)30-26(23)18-12-9-8-11-17(18)24(25)29-22;1-4(8)11-7-5(9)2-3-6(7)10/h6-12,16,19-20H,2,13-15H2,1,3-5H3;2-3H2,1H3/b10-6-;/t16?,19-,20?;/m0./s1. The van der Waals surface area contributed by atoms with Crippen molar-refractivity contribution in [2.24, 2.45) is 11.8 Å². The van der Waals surface area contributed by atoms with Crippen molar-refractivity contribution in [2.45, 2.75) is 78.2 Å². The zero-order valence-corrected chi connectivity index (χ0v) is 24.4. The summed E-state index contributed by atoms with van der Waals surface area (Å²) in [6, 6.07) is 8.49. The highest BCUT2D eigenvalue weighted by molar-refractivity contribution is 6.10. The molecule has 214 valence electrons. The average Bonchev–Trinajstić information content (AvgIpc) is 3.24. The number of ether oxygens (including phenoxy) is 1. The molecule has 3 aromatic rings. The SMILES string of the molecule is C=Cc1nc2c3c(c4ccccc4c2nc1/C=C\C)OC(C)(C)C1CCC(C)C[C@H]31.CC(=O)ON1C(=O)CCC1=O. The van der Waals surface area contributed by atoms with Crippen LogP contribution < -0.4 is 4.74 Å². The fourth-order valence-electron chi connectivity index (χ4n) is 6.52. The van der Waals surface area contributed by atoms with Gasteiger partial charge in [-0.1, -0.05) is 50.3 Å². The molecule has 41 heavy (non-hydrogen) atoms. The molecule has 0 radical (unpaired) electrons. The molecular formula is C33H37N3O5. The van der Waals surface area contributed by atoms with Gasteiger partial charge in [-0.15, -0.1) is 5.06 Å². The van der Waals surface area contributed by atoms with Crippen molar-refractivity contribution >= 4 is 51.7 Å². The first-order valence-corrected chi connectivity index (χ1v) is 14.3. The van der Waals surface area contributed by atoms with Gasteiger partial charge in [0, 0.05) is 42.0 Å². The molecule has 2 aliphatic heterocycles. The summed E-state index contributed by atoms with van der Waals surface area (Å²) in [6.45, 7) is 14.1. The van der Waals surface area contributed by atoms with Gasteiger partial charge in [0.05, 0.1) is 22.4 Å². The summed E-state index contributed by atoms with van der Waals surface area (Å²) in [4.78, 5) is 46.4. The molecule has 3 aliphatic rings. The van der Waals surface area contributed by atoms with E-state index in [-0.39, 0.29) is 18.4 Å². The van der Waals surface area contributed by atoms with E-state index in [0.717, 1.165) is 45.9 Å². The number of amides is 2. The van der Waals surface area contributed by atoms with Gasteiger partial charge in [0.1, 0.15) is 11.4 Å². The lowest BCUT2D eigenvalue weighted by Crippen LogP contribution is -2.46. The third-order valence-corrected chi connectivity index (χ3v) is 8.36. The van der Waals surface area contributed by atoms with E-state index >= 15 is 0 Å². The Hall–Kier alpha value is -4.07. The van der Waals surface area contributed by atoms with Crippen LogP contribution in [-0.4, -0.2) is 38.4 Å². The minimum absolute atomic E-state index is 0.131. The lowest BCUT2D eigenvalue weighted by molar-refractivity contribution is -0.195. The smallest absolute Gasteiger partial charge is 0.330 e. The van der Waals surface area contributed by atoms with Gasteiger partial charge in [-0.25, -0.2) is 14.8 Å². The number of hydroxylamine groups is 2. The number of imide groups is 1. The quantitative estimate of drug-likeness (QED) is 0.260. The minimum Gasteiger partial charge on any atom is -0.487 e. The molecule has 2 unspecified atom stereocenters. The van der Waals surface area contributed by atoms with Crippen LogP contribution in [0.4, 0.5) is 0 Å². The zero-order valence-electron chi connectivity index (χ0n) is 24.4. The van der Waals surface area contributed by atoms with Crippen LogP contribution in [0, 0.1) is 11.8 Å². The Balaban J connectivity index is 0.000000259. The highest BCUT2D eigenvalue weighted by atomic mass is 16.7. The van der Waals surface area contributed by atoms with E-state index in [0.29, 0.717) is 22.8 Å². The van der Waals surface area contributed by atoms with E-state index in [1.54, 1.807) is 0 Å². The van der Waals surface area contributed by atoms with Crippen molar-refractivity contribution in [3.05, 3.63) is 53.9 Å². The fourth-order valence-corrected chi connectivity index (χ4v) is 6.52. The van der Waals surface area contributed by atoms with Gasteiger partial charge in [-0.2, -0.15) is 0 Å². The fraction of sp³-hybridized carbons (Fsp3) is 0.424. The first kappa shape index (κ1) is 28.5. The predicted molar refractivity (Wildman–Crippen MR) is 159 cm³/mol. The van der Waals surface area contributed by atoms with Crippen molar-refractivity contribution in [1.82, 2.24) is 15.0 Å². The van der Waals surface area contributed by atoms with Crippen molar-refractivity contribution < 1.29 is 24.0 Å². The Morgan fingerprint density at radius 2 is 1.73 bits per heavy atom. The second kappa shape index (κ2) is 11.1. The molecule has 2 amide bonds. The summed E-state index contributed by atoms with van der Waals surface area (Å²) in [5, 5.41) is 2.78. The number of carbonyl (C=O) groups excluding carboxylic acids is 3. The van der Waals surface area contributed by atoms with Crippen molar-refractivity contribution in [3.63, 3.8) is 0 Å². The number of aromatic nitrogens is 2. The molecule has 6 rings (SSSR count). The van der Waals surface area contributed by atoms with Gasteiger partial charge in [0.25, 0.3) is 11.8 Å². The number of hydrogen-bond donors (Lipinski definition) is 0. The van der Waals surface area contributed by atoms with Crippen LogP contribution in [0.3, 0.4) is 0 Å². The molecule has 8 heteroatoms. The number of fused-ring (bicyclic) bond motifs is 8. The van der Waals surface area contributed by atoms with Crippen LogP contribution in [0.1, 0.15) is 89.6 Å². The van der Waals surface area contributed by atoms with Crippen LogP contribution in [-0.2, 0) is 19.2 Å². The predicted octanol–water partition coefficient (Wildman–Crippen LogP) is 6.76. The molecule has 3 heterocycles. The third-order valence-electron chi connectivity index (χ3n) is 8.36. The first-order valence-electron chi connectivity index (χ1n) is 14.3. The molecule has 1 aliphatic carbocycles. The van der Waals surface area contributed by atoms with Gasteiger partial charge < -0.3 is 9.57 Å². The summed E-state index contributed by atoms with van der Waals surface area (Å²) in [7, 11) is 0. The molecule has 8 nitrogen and oxygen atoms in total. The number of allylic oxidation sites excluding steroid dienone is 1. The number of benzene rings is 2. The van der Waals surface area contributed by atoms with Crippen LogP contribution in [0.5, 0.6) is 5.75 Å². The monoisotopic (exact) mass is 555 g/mol. The normalized spacial score (nSPS) is 23.0. The zero-order chi connectivity index (χ0) is 29.5. The van der Waals surface area contributed by atoms with Gasteiger partial charge in [-0.05, 0) is 57.6 Å². The summed E-state index contributed by atoms with van der Waals surface area (Å²) in [5.74, 6) is 1.10. The number of hydrogen-bond acceptors (Lipinski definition) is 7. The van der Waals surface area contributed by atoms with Crippen molar-refractivity contribution in [3.8, 4) is 5.75 Å². The van der Waals surface area contributed by atoms with E-state index < -0.39 is 17.8 Å². The van der Waals surface area contributed by atoms with Crippen LogP contribution in [0.15, 0.2) is 36.9 Å². The van der Waals surface area contributed by atoms with Crippen LogP contribution in [0.25, 0.3) is 34.0 Å². The van der Waals surface area contributed by atoms with E-state index in [1.165, 1.54) is 24.8 Å². The van der Waals surface area contributed by atoms with E-state index in [1.807, 2.05) is 25.2 Å². The third kappa shape index (κ3) is 5.23. The molecule has 1 saturated heterocycles. The molecule has 1 saturated carbocycles.